The van der Waals surface area contributed by atoms with E-state index in [1.165, 1.54) is 37.3 Å². The first-order valence-corrected chi connectivity index (χ1v) is 12.3. The van der Waals surface area contributed by atoms with E-state index in [-0.39, 0.29) is 30.7 Å². The minimum atomic E-state index is -0.726. The number of carbonyl (C=O) groups excluding carboxylic acids is 3. The molecule has 184 valence electrons. The molecule has 9 nitrogen and oxygen atoms in total. The molecule has 6 rings (SSSR count). The van der Waals surface area contributed by atoms with Crippen molar-refractivity contribution in [3.8, 4) is 11.5 Å². The summed E-state index contributed by atoms with van der Waals surface area (Å²) in [4.78, 5) is 42.4. The van der Waals surface area contributed by atoms with E-state index in [0.29, 0.717) is 41.9 Å². The first-order chi connectivity index (χ1) is 16.3. The number of hydrogen-bond acceptors (Lipinski definition) is 6. The summed E-state index contributed by atoms with van der Waals surface area (Å²) in [6.07, 6.45) is 6.95. The first-order valence-electron chi connectivity index (χ1n) is 12.3. The average Bonchev–Trinajstić information content (AvgIpc) is 3.03. The molecule has 0 radical (unpaired) electrons. The summed E-state index contributed by atoms with van der Waals surface area (Å²) in [5.74, 6) is 1.45. The number of hydrogen-bond donors (Lipinski definition) is 3. The lowest BCUT2D eigenvalue weighted by molar-refractivity contribution is -0.141. The summed E-state index contributed by atoms with van der Waals surface area (Å²) in [7, 11) is 1.50. The molecule has 5 fully saturated rings. The Hall–Kier alpha value is -2.81. The predicted molar refractivity (Wildman–Crippen MR) is 121 cm³/mol. The predicted octanol–water partition coefficient (Wildman–Crippen LogP) is 3.18. The van der Waals surface area contributed by atoms with E-state index < -0.39 is 17.5 Å². The van der Waals surface area contributed by atoms with Gasteiger partial charge < -0.3 is 14.7 Å². The highest BCUT2D eigenvalue weighted by Gasteiger charge is 2.60. The van der Waals surface area contributed by atoms with Crippen LogP contribution in [0.1, 0.15) is 63.4 Å². The van der Waals surface area contributed by atoms with Gasteiger partial charge >= 0.3 is 6.03 Å². The number of hydroxylamine groups is 1. The van der Waals surface area contributed by atoms with Crippen LogP contribution in [0.2, 0.25) is 0 Å². The molecule has 34 heavy (non-hydrogen) atoms. The smallest absolute Gasteiger partial charge is 0.328 e. The molecule has 1 aliphatic heterocycles. The van der Waals surface area contributed by atoms with Crippen LogP contribution in [0.3, 0.4) is 0 Å². The highest BCUT2D eigenvalue weighted by molar-refractivity contribution is 6.05. The van der Waals surface area contributed by atoms with E-state index in [2.05, 4.69) is 0 Å². The second-order valence-electron chi connectivity index (χ2n) is 10.6. The summed E-state index contributed by atoms with van der Waals surface area (Å²) in [6.45, 7) is 0.0418. The molecule has 1 aromatic carbocycles. The lowest BCUT2D eigenvalue weighted by Gasteiger charge is -2.58. The highest BCUT2D eigenvalue weighted by Crippen LogP contribution is 2.58. The van der Waals surface area contributed by atoms with Gasteiger partial charge in [0.1, 0.15) is 17.5 Å². The molecule has 1 heterocycles. The zero-order valence-corrected chi connectivity index (χ0v) is 19.5. The van der Waals surface area contributed by atoms with Gasteiger partial charge in [-0.3, -0.25) is 19.7 Å². The summed E-state index contributed by atoms with van der Waals surface area (Å²) >= 11 is 0. The molecule has 4 aliphatic carbocycles. The number of methoxy groups -OCH3 is 1. The zero-order chi connectivity index (χ0) is 24.0. The van der Waals surface area contributed by atoms with E-state index in [4.69, 9.17) is 9.94 Å². The third-order valence-electron chi connectivity index (χ3n) is 8.46. The molecule has 0 spiro atoms. The minimum Gasteiger partial charge on any atom is -0.507 e. The van der Waals surface area contributed by atoms with E-state index in [9.17, 15) is 19.5 Å². The number of phenolic OH excluding ortho intramolecular Hbond substituents is 1. The number of benzene rings is 1. The van der Waals surface area contributed by atoms with Gasteiger partial charge in [0.2, 0.25) is 5.91 Å². The molecule has 9 heteroatoms. The molecular weight excluding hydrogens is 438 g/mol. The van der Waals surface area contributed by atoms with Gasteiger partial charge in [-0.25, -0.2) is 10.3 Å². The standard InChI is InChI=1S/C25H33N3O6/c1-34-21-6-3-5-20(29)18(21)14-27-19(4-2-7-22(30)26-33)23(31)28(24(27)32)25-11-15-8-16(12-25)10-17(9-15)13-25/h3,5-6,15-17,19,29,33H,2,4,7-14H2,1H3,(H,26,30). The Morgan fingerprint density at radius 1 is 1.15 bits per heavy atom. The maximum absolute atomic E-state index is 13.9. The van der Waals surface area contributed by atoms with Gasteiger partial charge in [0.05, 0.1) is 24.8 Å². The number of rotatable bonds is 8. The Labute approximate surface area is 199 Å². The summed E-state index contributed by atoms with van der Waals surface area (Å²) < 4.78 is 5.41. The van der Waals surface area contributed by atoms with Crippen molar-refractivity contribution in [3.05, 3.63) is 23.8 Å². The monoisotopic (exact) mass is 471 g/mol. The summed E-state index contributed by atoms with van der Waals surface area (Å²) in [6, 6.07) is 3.89. The Morgan fingerprint density at radius 3 is 2.38 bits per heavy atom. The SMILES string of the molecule is COc1cccc(O)c1CN1C(=O)N(C23CC4CC(CC(C4)C2)C3)C(=O)C1CCCC(=O)NO. The number of amides is 4. The molecule has 4 bridgehead atoms. The van der Waals surface area contributed by atoms with Gasteiger partial charge in [0, 0.05) is 6.42 Å². The average molecular weight is 472 g/mol. The maximum atomic E-state index is 13.9. The van der Waals surface area contributed by atoms with Crippen molar-refractivity contribution >= 4 is 17.8 Å². The number of imide groups is 1. The molecule has 1 saturated heterocycles. The number of urea groups is 1. The second kappa shape index (κ2) is 8.76. The van der Waals surface area contributed by atoms with Crippen molar-refractivity contribution in [3.63, 3.8) is 0 Å². The van der Waals surface area contributed by atoms with Crippen molar-refractivity contribution in [2.24, 2.45) is 17.8 Å². The van der Waals surface area contributed by atoms with Gasteiger partial charge in [-0.15, -0.1) is 0 Å². The van der Waals surface area contributed by atoms with E-state index in [0.717, 1.165) is 19.3 Å². The van der Waals surface area contributed by atoms with Crippen LogP contribution in [-0.4, -0.2) is 56.6 Å². The second-order valence-corrected chi connectivity index (χ2v) is 10.6. The van der Waals surface area contributed by atoms with Gasteiger partial charge in [0.15, 0.2) is 0 Å². The van der Waals surface area contributed by atoms with Crippen molar-refractivity contribution in [1.82, 2.24) is 15.3 Å². The van der Waals surface area contributed by atoms with Gasteiger partial charge in [-0.1, -0.05) is 6.07 Å². The minimum absolute atomic E-state index is 0.00580. The topological polar surface area (TPSA) is 119 Å². The number of carbonyl (C=O) groups is 3. The number of nitrogens with one attached hydrogen (secondary N) is 1. The van der Waals surface area contributed by atoms with E-state index in [1.54, 1.807) is 22.5 Å². The van der Waals surface area contributed by atoms with E-state index >= 15 is 0 Å². The van der Waals surface area contributed by atoms with Crippen LogP contribution >= 0.6 is 0 Å². The quantitative estimate of drug-likeness (QED) is 0.304. The van der Waals surface area contributed by atoms with Crippen molar-refractivity contribution in [2.75, 3.05) is 7.11 Å². The van der Waals surface area contributed by atoms with Crippen LogP contribution in [0.5, 0.6) is 11.5 Å². The lowest BCUT2D eigenvalue weighted by Crippen LogP contribution is -2.62. The molecule has 4 saturated carbocycles. The fraction of sp³-hybridized carbons (Fsp3) is 0.640. The van der Waals surface area contributed by atoms with Crippen LogP contribution < -0.4 is 10.2 Å². The third-order valence-corrected chi connectivity index (χ3v) is 8.46. The first kappa shape index (κ1) is 23.0. The summed E-state index contributed by atoms with van der Waals surface area (Å²) in [5.41, 5.74) is 1.66. The Kier molecular flexibility index (Phi) is 5.91. The summed E-state index contributed by atoms with van der Waals surface area (Å²) in [5, 5.41) is 19.3. The fourth-order valence-corrected chi connectivity index (χ4v) is 7.46. The normalized spacial score (nSPS) is 31.9. The molecule has 1 unspecified atom stereocenters. The molecule has 1 atom stereocenters. The molecular formula is C25H33N3O6. The molecule has 1 aromatic rings. The number of aromatic hydroxyl groups is 1. The van der Waals surface area contributed by atoms with Crippen LogP contribution in [0.15, 0.2) is 18.2 Å². The van der Waals surface area contributed by atoms with Gasteiger partial charge in [-0.05, 0) is 81.3 Å². The highest BCUT2D eigenvalue weighted by atomic mass is 16.5. The van der Waals surface area contributed by atoms with Gasteiger partial charge in [-0.2, -0.15) is 0 Å². The number of phenols is 1. The maximum Gasteiger partial charge on any atom is 0.328 e. The number of ether oxygens (including phenoxy) is 1. The third kappa shape index (κ3) is 3.79. The molecule has 0 aromatic heterocycles. The Morgan fingerprint density at radius 2 is 1.79 bits per heavy atom. The van der Waals surface area contributed by atoms with Crippen LogP contribution in [0.25, 0.3) is 0 Å². The molecule has 3 N–H and O–H groups in total. The van der Waals surface area contributed by atoms with Gasteiger partial charge in [0.25, 0.3) is 5.91 Å². The Balaban J connectivity index is 1.45. The van der Waals surface area contributed by atoms with Crippen LogP contribution in [0, 0.1) is 17.8 Å². The largest absolute Gasteiger partial charge is 0.507 e. The van der Waals surface area contributed by atoms with Crippen molar-refractivity contribution in [1.29, 1.82) is 0 Å². The fourth-order valence-electron chi connectivity index (χ4n) is 7.46. The lowest BCUT2D eigenvalue weighted by atomic mass is 9.52. The molecule has 4 amide bonds. The van der Waals surface area contributed by atoms with Crippen LogP contribution in [0.4, 0.5) is 4.79 Å². The van der Waals surface area contributed by atoms with Crippen molar-refractivity contribution < 1.29 is 29.4 Å². The Bertz CT molecular complexity index is 960. The zero-order valence-electron chi connectivity index (χ0n) is 19.5. The molecule has 5 aliphatic rings. The van der Waals surface area contributed by atoms with Crippen molar-refractivity contribution in [2.45, 2.75) is 75.9 Å². The van der Waals surface area contributed by atoms with Crippen LogP contribution in [-0.2, 0) is 16.1 Å². The number of nitrogens with zero attached hydrogens (tertiary/aromatic N) is 2. The van der Waals surface area contributed by atoms with E-state index in [1.807, 2.05) is 0 Å².